The Morgan fingerprint density at radius 1 is 0.781 bits per heavy atom. The zero-order valence-corrected chi connectivity index (χ0v) is 17.8. The number of benzene rings is 4. The van der Waals surface area contributed by atoms with Crippen molar-refractivity contribution in [2.75, 3.05) is 5.32 Å². The van der Waals surface area contributed by atoms with E-state index in [1.54, 1.807) is 30.3 Å². The SMILES string of the molecule is CC(NC(=O)c1ccccc1NC(=O)C=Cc1cccc2ccccc12)c1ccccc1. The molecule has 32 heavy (non-hydrogen) atoms. The van der Waals surface area contributed by atoms with Gasteiger partial charge in [-0.15, -0.1) is 0 Å². The van der Waals surface area contributed by atoms with Crippen molar-refractivity contribution in [1.29, 1.82) is 0 Å². The van der Waals surface area contributed by atoms with Crippen LogP contribution in [0.3, 0.4) is 0 Å². The summed E-state index contributed by atoms with van der Waals surface area (Å²) in [4.78, 5) is 25.5. The summed E-state index contributed by atoms with van der Waals surface area (Å²) in [6.45, 7) is 1.93. The van der Waals surface area contributed by atoms with Crippen molar-refractivity contribution in [2.45, 2.75) is 13.0 Å². The number of para-hydroxylation sites is 1. The fourth-order valence-corrected chi connectivity index (χ4v) is 3.63. The fraction of sp³-hybridized carbons (Fsp3) is 0.0714. The van der Waals surface area contributed by atoms with Crippen LogP contribution in [0.5, 0.6) is 0 Å². The third kappa shape index (κ3) is 4.93. The molecule has 2 amide bonds. The quantitative estimate of drug-likeness (QED) is 0.377. The zero-order valence-electron chi connectivity index (χ0n) is 17.8. The topological polar surface area (TPSA) is 58.2 Å². The van der Waals surface area contributed by atoms with Gasteiger partial charge in [0.1, 0.15) is 0 Å². The summed E-state index contributed by atoms with van der Waals surface area (Å²) < 4.78 is 0. The second kappa shape index (κ2) is 9.75. The third-order valence-corrected chi connectivity index (χ3v) is 5.31. The summed E-state index contributed by atoms with van der Waals surface area (Å²) in [5.41, 5.74) is 2.86. The minimum absolute atomic E-state index is 0.154. The highest BCUT2D eigenvalue weighted by Crippen LogP contribution is 2.21. The van der Waals surface area contributed by atoms with Crippen molar-refractivity contribution in [3.8, 4) is 0 Å². The first-order valence-corrected chi connectivity index (χ1v) is 10.5. The van der Waals surface area contributed by atoms with Crippen molar-refractivity contribution < 1.29 is 9.59 Å². The molecule has 0 aromatic heterocycles. The molecule has 0 saturated carbocycles. The Balaban J connectivity index is 1.48. The molecule has 0 fully saturated rings. The number of amides is 2. The number of anilines is 1. The molecule has 0 aliphatic carbocycles. The Morgan fingerprint density at radius 2 is 1.47 bits per heavy atom. The van der Waals surface area contributed by atoms with E-state index >= 15 is 0 Å². The minimum atomic E-state index is -0.297. The van der Waals surface area contributed by atoms with Gasteiger partial charge in [0.05, 0.1) is 17.3 Å². The van der Waals surface area contributed by atoms with Gasteiger partial charge in [0, 0.05) is 6.08 Å². The molecule has 1 atom stereocenters. The van der Waals surface area contributed by atoms with Gasteiger partial charge in [-0.05, 0) is 47.0 Å². The molecule has 1 unspecified atom stereocenters. The highest BCUT2D eigenvalue weighted by Gasteiger charge is 2.15. The lowest BCUT2D eigenvalue weighted by Gasteiger charge is -2.16. The highest BCUT2D eigenvalue weighted by molar-refractivity contribution is 6.08. The molecule has 0 aliphatic heterocycles. The lowest BCUT2D eigenvalue weighted by atomic mass is 10.0. The second-order valence-electron chi connectivity index (χ2n) is 7.54. The summed E-state index contributed by atoms with van der Waals surface area (Å²) in [6, 6.07) is 30.6. The average Bonchev–Trinajstić information content (AvgIpc) is 2.83. The van der Waals surface area contributed by atoms with Crippen molar-refractivity contribution in [2.24, 2.45) is 0 Å². The molecule has 4 aromatic rings. The fourth-order valence-electron chi connectivity index (χ4n) is 3.63. The van der Waals surface area contributed by atoms with Crippen LogP contribution < -0.4 is 10.6 Å². The van der Waals surface area contributed by atoms with Crippen LogP contribution in [0, 0.1) is 0 Å². The molecule has 4 aromatic carbocycles. The van der Waals surface area contributed by atoms with E-state index in [9.17, 15) is 9.59 Å². The monoisotopic (exact) mass is 420 g/mol. The molecule has 0 heterocycles. The van der Waals surface area contributed by atoms with Crippen molar-refractivity contribution in [1.82, 2.24) is 5.32 Å². The standard InChI is InChI=1S/C28H24N2O2/c1-20(21-10-3-2-4-11-21)29-28(32)25-16-7-8-17-26(25)30-27(31)19-18-23-14-9-13-22-12-5-6-15-24(22)23/h2-20H,1H3,(H,29,32)(H,30,31). The van der Waals surface area contributed by atoms with Crippen LogP contribution in [0.4, 0.5) is 5.69 Å². The molecule has 0 saturated heterocycles. The normalized spacial score (nSPS) is 11.9. The molecule has 4 nitrogen and oxygen atoms in total. The van der Waals surface area contributed by atoms with Crippen LogP contribution in [-0.2, 0) is 4.79 Å². The second-order valence-corrected chi connectivity index (χ2v) is 7.54. The van der Waals surface area contributed by atoms with E-state index in [4.69, 9.17) is 0 Å². The largest absolute Gasteiger partial charge is 0.345 e. The van der Waals surface area contributed by atoms with Gasteiger partial charge in [-0.25, -0.2) is 0 Å². The van der Waals surface area contributed by atoms with Gasteiger partial charge in [-0.1, -0.05) is 84.9 Å². The number of carbonyl (C=O) groups excluding carboxylic acids is 2. The molecule has 0 bridgehead atoms. The summed E-state index contributed by atoms with van der Waals surface area (Å²) in [6.07, 6.45) is 3.28. The van der Waals surface area contributed by atoms with Crippen LogP contribution in [0.2, 0.25) is 0 Å². The van der Waals surface area contributed by atoms with Gasteiger partial charge < -0.3 is 10.6 Å². The first kappa shape index (κ1) is 21.1. The molecule has 0 aliphatic rings. The molecular formula is C28H24N2O2. The smallest absolute Gasteiger partial charge is 0.253 e. The van der Waals surface area contributed by atoms with E-state index in [-0.39, 0.29) is 17.9 Å². The number of nitrogens with one attached hydrogen (secondary N) is 2. The maximum absolute atomic E-state index is 12.9. The van der Waals surface area contributed by atoms with Gasteiger partial charge in [0.15, 0.2) is 0 Å². The first-order valence-electron chi connectivity index (χ1n) is 10.5. The highest BCUT2D eigenvalue weighted by atomic mass is 16.2. The Morgan fingerprint density at radius 3 is 2.31 bits per heavy atom. The van der Waals surface area contributed by atoms with Crippen LogP contribution >= 0.6 is 0 Å². The van der Waals surface area contributed by atoms with Gasteiger partial charge in [0.2, 0.25) is 5.91 Å². The summed E-state index contributed by atoms with van der Waals surface area (Å²) in [5, 5.41) is 8.02. The Kier molecular flexibility index (Phi) is 6.42. The predicted octanol–water partition coefficient (Wildman–Crippen LogP) is 5.98. The van der Waals surface area contributed by atoms with E-state index in [1.807, 2.05) is 79.7 Å². The molecule has 4 heteroatoms. The number of rotatable bonds is 6. The van der Waals surface area contributed by atoms with E-state index in [0.29, 0.717) is 11.3 Å². The summed E-state index contributed by atoms with van der Waals surface area (Å²) in [5.74, 6) is -0.537. The van der Waals surface area contributed by atoms with E-state index in [2.05, 4.69) is 10.6 Å². The van der Waals surface area contributed by atoms with Crippen molar-refractivity contribution in [3.63, 3.8) is 0 Å². The minimum Gasteiger partial charge on any atom is -0.345 e. The van der Waals surface area contributed by atoms with Crippen LogP contribution in [0.15, 0.2) is 103 Å². The Bertz CT molecular complexity index is 1270. The molecule has 4 rings (SSSR count). The third-order valence-electron chi connectivity index (χ3n) is 5.31. The van der Waals surface area contributed by atoms with Gasteiger partial charge >= 0.3 is 0 Å². The molecule has 158 valence electrons. The molecule has 0 radical (unpaired) electrons. The molecule has 0 spiro atoms. The van der Waals surface area contributed by atoms with E-state index in [1.165, 1.54) is 6.08 Å². The number of hydrogen-bond donors (Lipinski definition) is 2. The lowest BCUT2D eigenvalue weighted by molar-refractivity contribution is -0.111. The predicted molar refractivity (Wildman–Crippen MR) is 130 cm³/mol. The average molecular weight is 421 g/mol. The van der Waals surface area contributed by atoms with Crippen LogP contribution in [0.25, 0.3) is 16.8 Å². The van der Waals surface area contributed by atoms with Crippen LogP contribution in [0.1, 0.15) is 34.5 Å². The van der Waals surface area contributed by atoms with Crippen molar-refractivity contribution >= 4 is 34.4 Å². The van der Waals surface area contributed by atoms with Gasteiger partial charge in [-0.2, -0.15) is 0 Å². The first-order chi connectivity index (χ1) is 15.6. The maximum Gasteiger partial charge on any atom is 0.253 e. The molecule has 2 N–H and O–H groups in total. The maximum atomic E-state index is 12.9. The van der Waals surface area contributed by atoms with Crippen molar-refractivity contribution in [3.05, 3.63) is 120 Å². The van der Waals surface area contributed by atoms with Gasteiger partial charge in [0.25, 0.3) is 5.91 Å². The van der Waals surface area contributed by atoms with E-state index < -0.39 is 0 Å². The Hall–Kier alpha value is -4.18. The van der Waals surface area contributed by atoms with Crippen LogP contribution in [-0.4, -0.2) is 11.8 Å². The Labute approximate surface area is 187 Å². The number of carbonyl (C=O) groups is 2. The lowest BCUT2D eigenvalue weighted by Crippen LogP contribution is -2.27. The summed E-state index contributed by atoms with van der Waals surface area (Å²) >= 11 is 0. The number of fused-ring (bicyclic) bond motifs is 1. The van der Waals surface area contributed by atoms with Gasteiger partial charge in [-0.3, -0.25) is 9.59 Å². The van der Waals surface area contributed by atoms with E-state index in [0.717, 1.165) is 21.9 Å². The number of hydrogen-bond acceptors (Lipinski definition) is 2. The summed E-state index contributed by atoms with van der Waals surface area (Å²) in [7, 11) is 0. The molecular weight excluding hydrogens is 396 g/mol. The zero-order chi connectivity index (χ0) is 22.3.